The fourth-order valence-corrected chi connectivity index (χ4v) is 2.22. The number of hydrogen-bond acceptors (Lipinski definition) is 4. The minimum atomic E-state index is 0.684. The van der Waals surface area contributed by atoms with Crippen LogP contribution in [0.4, 0.5) is 0 Å². The summed E-state index contributed by atoms with van der Waals surface area (Å²) in [6.07, 6.45) is 4.60. The first-order chi connectivity index (χ1) is 7.93. The Labute approximate surface area is 96.4 Å². The molecule has 1 aromatic carbocycles. The molecule has 0 unspecified atom stereocenters. The molecule has 4 heteroatoms. The van der Waals surface area contributed by atoms with Crippen LogP contribution in [0, 0.1) is 6.20 Å². The lowest BCUT2D eigenvalue weighted by Crippen LogP contribution is -1.68. The molecule has 1 radical (unpaired) electrons. The molecule has 0 saturated heterocycles. The summed E-state index contributed by atoms with van der Waals surface area (Å²) < 4.78 is 5.05. The van der Waals surface area contributed by atoms with E-state index in [0.717, 1.165) is 15.4 Å². The number of aromatic nitrogens is 2. The SMILES string of the molecule is [c]1nc(-c2ccno2)sc1-c1ccccc1. The summed E-state index contributed by atoms with van der Waals surface area (Å²) >= 11 is 1.54. The van der Waals surface area contributed by atoms with Gasteiger partial charge in [-0.1, -0.05) is 35.5 Å². The third kappa shape index (κ3) is 1.63. The Hall–Kier alpha value is -1.94. The van der Waals surface area contributed by atoms with Crippen LogP contribution in [0.15, 0.2) is 47.1 Å². The van der Waals surface area contributed by atoms with Crippen molar-refractivity contribution >= 4 is 11.3 Å². The summed E-state index contributed by atoms with van der Waals surface area (Å²) in [7, 11) is 0. The average molecular weight is 227 g/mol. The molecule has 3 nitrogen and oxygen atoms in total. The van der Waals surface area contributed by atoms with Gasteiger partial charge in [-0.25, -0.2) is 4.98 Å². The van der Waals surface area contributed by atoms with Gasteiger partial charge in [0.1, 0.15) is 6.20 Å². The van der Waals surface area contributed by atoms with E-state index in [1.807, 2.05) is 30.3 Å². The minimum Gasteiger partial charge on any atom is -0.354 e. The topological polar surface area (TPSA) is 38.9 Å². The summed E-state index contributed by atoms with van der Waals surface area (Å²) in [5.74, 6) is 0.684. The summed E-state index contributed by atoms with van der Waals surface area (Å²) in [6.45, 7) is 0. The van der Waals surface area contributed by atoms with E-state index in [1.54, 1.807) is 23.6 Å². The summed E-state index contributed by atoms with van der Waals surface area (Å²) in [5, 5.41) is 4.46. The van der Waals surface area contributed by atoms with Crippen LogP contribution in [0.25, 0.3) is 21.2 Å². The predicted molar refractivity (Wildman–Crippen MR) is 61.9 cm³/mol. The second kappa shape index (κ2) is 3.90. The first-order valence-electron chi connectivity index (χ1n) is 4.78. The number of benzene rings is 1. The largest absolute Gasteiger partial charge is 0.354 e. The molecule has 2 aromatic heterocycles. The molecule has 77 valence electrons. The van der Waals surface area contributed by atoms with E-state index in [4.69, 9.17) is 4.52 Å². The summed E-state index contributed by atoms with van der Waals surface area (Å²) in [6, 6.07) is 11.8. The third-order valence-electron chi connectivity index (χ3n) is 2.14. The highest BCUT2D eigenvalue weighted by Gasteiger charge is 2.09. The van der Waals surface area contributed by atoms with Crippen LogP contribution in [0.2, 0.25) is 0 Å². The Morgan fingerprint density at radius 2 is 2.00 bits per heavy atom. The molecule has 0 aliphatic heterocycles. The Balaban J connectivity index is 2.00. The lowest BCUT2D eigenvalue weighted by Gasteiger charge is -1.92. The normalized spacial score (nSPS) is 10.5. The highest BCUT2D eigenvalue weighted by molar-refractivity contribution is 7.18. The molecule has 16 heavy (non-hydrogen) atoms. The van der Waals surface area contributed by atoms with Crippen LogP contribution >= 0.6 is 11.3 Å². The Kier molecular flexibility index (Phi) is 2.27. The van der Waals surface area contributed by atoms with Gasteiger partial charge in [0.05, 0.1) is 11.1 Å². The van der Waals surface area contributed by atoms with Crippen molar-refractivity contribution in [3.63, 3.8) is 0 Å². The Morgan fingerprint density at radius 1 is 1.12 bits per heavy atom. The van der Waals surface area contributed by atoms with Crippen LogP contribution in [-0.2, 0) is 0 Å². The first kappa shape index (κ1) is 9.30. The van der Waals surface area contributed by atoms with Gasteiger partial charge in [0.15, 0.2) is 10.8 Å². The predicted octanol–water partition coefficient (Wildman–Crippen LogP) is 3.27. The van der Waals surface area contributed by atoms with Crippen molar-refractivity contribution in [1.82, 2.24) is 10.1 Å². The van der Waals surface area contributed by atoms with Gasteiger partial charge in [0.25, 0.3) is 0 Å². The molecule has 0 saturated carbocycles. The van der Waals surface area contributed by atoms with Gasteiger partial charge in [0, 0.05) is 6.07 Å². The number of thiazole rings is 1. The second-order valence-electron chi connectivity index (χ2n) is 3.20. The van der Waals surface area contributed by atoms with Gasteiger partial charge in [-0.15, -0.1) is 11.3 Å². The Bertz CT molecular complexity index is 572. The molecule has 0 spiro atoms. The molecular weight excluding hydrogens is 220 g/mol. The fraction of sp³-hybridized carbons (Fsp3) is 0. The highest BCUT2D eigenvalue weighted by atomic mass is 32.1. The van der Waals surface area contributed by atoms with E-state index < -0.39 is 0 Å². The number of hydrogen-bond donors (Lipinski definition) is 0. The van der Waals surface area contributed by atoms with Crippen molar-refractivity contribution in [2.75, 3.05) is 0 Å². The maximum Gasteiger partial charge on any atom is 0.195 e. The zero-order valence-corrected chi connectivity index (χ0v) is 9.07. The van der Waals surface area contributed by atoms with Gasteiger partial charge in [-0.2, -0.15) is 0 Å². The lowest BCUT2D eigenvalue weighted by atomic mass is 10.2. The lowest BCUT2D eigenvalue weighted by molar-refractivity contribution is 0.432. The van der Waals surface area contributed by atoms with E-state index >= 15 is 0 Å². The molecule has 0 aliphatic carbocycles. The molecule has 0 bridgehead atoms. The first-order valence-corrected chi connectivity index (χ1v) is 5.60. The van der Waals surface area contributed by atoms with Crippen LogP contribution < -0.4 is 0 Å². The van der Waals surface area contributed by atoms with Gasteiger partial charge >= 0.3 is 0 Å². The molecule has 2 heterocycles. The molecule has 0 aliphatic rings. The van der Waals surface area contributed by atoms with Crippen molar-refractivity contribution < 1.29 is 4.52 Å². The molecule has 3 aromatic rings. The third-order valence-corrected chi connectivity index (χ3v) is 3.16. The fourth-order valence-electron chi connectivity index (χ4n) is 1.39. The molecule has 0 fully saturated rings. The van der Waals surface area contributed by atoms with Crippen LogP contribution in [0.5, 0.6) is 0 Å². The monoisotopic (exact) mass is 227 g/mol. The van der Waals surface area contributed by atoms with Gasteiger partial charge in [-0.05, 0) is 5.56 Å². The molecule has 0 atom stereocenters. The highest BCUT2D eigenvalue weighted by Crippen LogP contribution is 2.30. The standard InChI is InChI=1S/C12H7N2OS/c1-2-4-9(5-3-1)11-8-13-12(16-11)10-6-7-14-15-10/h1-7H. The van der Waals surface area contributed by atoms with Crippen LogP contribution in [0.1, 0.15) is 0 Å². The zero-order valence-electron chi connectivity index (χ0n) is 8.25. The maximum absolute atomic E-state index is 5.05. The Morgan fingerprint density at radius 3 is 2.75 bits per heavy atom. The van der Waals surface area contributed by atoms with E-state index in [2.05, 4.69) is 16.3 Å². The van der Waals surface area contributed by atoms with E-state index in [0.29, 0.717) is 5.76 Å². The average Bonchev–Trinajstić information content (AvgIpc) is 3.01. The molecule has 0 N–H and O–H groups in total. The van der Waals surface area contributed by atoms with Crippen molar-refractivity contribution in [1.29, 1.82) is 0 Å². The number of rotatable bonds is 2. The summed E-state index contributed by atoms with van der Waals surface area (Å²) in [5.41, 5.74) is 1.12. The van der Waals surface area contributed by atoms with Crippen LogP contribution in [-0.4, -0.2) is 10.1 Å². The second-order valence-corrected chi connectivity index (χ2v) is 4.20. The molecule has 0 amide bonds. The quantitative estimate of drug-likeness (QED) is 0.674. The smallest absolute Gasteiger partial charge is 0.195 e. The van der Waals surface area contributed by atoms with Crippen molar-refractivity contribution in [3.8, 4) is 21.2 Å². The van der Waals surface area contributed by atoms with E-state index in [9.17, 15) is 0 Å². The van der Waals surface area contributed by atoms with Gasteiger partial charge in [-0.3, -0.25) is 0 Å². The van der Waals surface area contributed by atoms with Crippen molar-refractivity contribution in [2.24, 2.45) is 0 Å². The summed E-state index contributed by atoms with van der Waals surface area (Å²) in [4.78, 5) is 5.20. The van der Waals surface area contributed by atoms with Gasteiger partial charge in [0.2, 0.25) is 0 Å². The molecule has 3 rings (SSSR count). The van der Waals surface area contributed by atoms with E-state index in [1.165, 1.54) is 0 Å². The number of nitrogens with zero attached hydrogens (tertiary/aromatic N) is 2. The maximum atomic E-state index is 5.05. The van der Waals surface area contributed by atoms with Gasteiger partial charge < -0.3 is 4.52 Å². The minimum absolute atomic E-state index is 0.684. The zero-order chi connectivity index (χ0) is 10.8. The van der Waals surface area contributed by atoms with Crippen LogP contribution in [0.3, 0.4) is 0 Å². The van der Waals surface area contributed by atoms with Crippen molar-refractivity contribution in [3.05, 3.63) is 48.8 Å². The van der Waals surface area contributed by atoms with Crippen molar-refractivity contribution in [2.45, 2.75) is 0 Å². The molecular formula is C12H7N2OS. The van der Waals surface area contributed by atoms with E-state index in [-0.39, 0.29) is 0 Å².